The fourth-order valence-electron chi connectivity index (χ4n) is 2.68. The highest BCUT2D eigenvalue weighted by Gasteiger charge is 2.20. The number of hydrogen-bond acceptors (Lipinski definition) is 2. The Morgan fingerprint density at radius 1 is 0.923 bits per heavy atom. The highest BCUT2D eigenvalue weighted by molar-refractivity contribution is 5.95. The standard InChI is InChI=1S/C22H21FN2O/c1-16-7-9-17(10-8-16)15-24-21(18-5-3-2-4-6-18)22(26)25-20-13-11-19(23)12-14-20/h2-14,21,24H,15H2,1H3,(H,25,26). The van der Waals surface area contributed by atoms with Crippen LogP contribution < -0.4 is 10.6 Å². The fourth-order valence-corrected chi connectivity index (χ4v) is 2.68. The summed E-state index contributed by atoms with van der Waals surface area (Å²) in [6.45, 7) is 2.61. The highest BCUT2D eigenvalue weighted by atomic mass is 19.1. The molecule has 3 rings (SSSR count). The van der Waals surface area contributed by atoms with E-state index in [1.165, 1.54) is 17.7 Å². The normalized spacial score (nSPS) is 11.8. The van der Waals surface area contributed by atoms with Crippen molar-refractivity contribution in [2.45, 2.75) is 19.5 Å². The van der Waals surface area contributed by atoms with Crippen molar-refractivity contribution in [1.29, 1.82) is 0 Å². The predicted octanol–water partition coefficient (Wildman–Crippen LogP) is 4.60. The van der Waals surface area contributed by atoms with Gasteiger partial charge in [0.05, 0.1) is 0 Å². The van der Waals surface area contributed by atoms with Crippen LogP contribution in [0.15, 0.2) is 78.9 Å². The van der Waals surface area contributed by atoms with Crippen molar-refractivity contribution in [3.63, 3.8) is 0 Å². The molecule has 0 bridgehead atoms. The molecule has 3 aromatic carbocycles. The lowest BCUT2D eigenvalue weighted by atomic mass is 10.1. The van der Waals surface area contributed by atoms with Gasteiger partial charge in [-0.3, -0.25) is 10.1 Å². The van der Waals surface area contributed by atoms with Crippen molar-refractivity contribution in [1.82, 2.24) is 5.32 Å². The summed E-state index contributed by atoms with van der Waals surface area (Å²) >= 11 is 0. The molecular formula is C22H21FN2O. The molecule has 26 heavy (non-hydrogen) atoms. The molecule has 4 heteroatoms. The Morgan fingerprint density at radius 2 is 1.58 bits per heavy atom. The van der Waals surface area contributed by atoms with Crippen LogP contribution in [0.2, 0.25) is 0 Å². The van der Waals surface area contributed by atoms with Gasteiger partial charge in [0, 0.05) is 12.2 Å². The number of amides is 1. The van der Waals surface area contributed by atoms with Gasteiger partial charge in [-0.25, -0.2) is 4.39 Å². The number of carbonyl (C=O) groups excluding carboxylic acids is 1. The molecule has 0 heterocycles. The maximum absolute atomic E-state index is 13.1. The van der Waals surface area contributed by atoms with Gasteiger partial charge in [-0.2, -0.15) is 0 Å². The van der Waals surface area contributed by atoms with Crippen molar-refractivity contribution in [3.05, 3.63) is 101 Å². The third-order valence-electron chi connectivity index (χ3n) is 4.14. The predicted molar refractivity (Wildman–Crippen MR) is 102 cm³/mol. The lowest BCUT2D eigenvalue weighted by Crippen LogP contribution is -2.32. The zero-order valence-electron chi connectivity index (χ0n) is 14.6. The first-order valence-corrected chi connectivity index (χ1v) is 8.52. The summed E-state index contributed by atoms with van der Waals surface area (Å²) in [5, 5.41) is 6.16. The van der Waals surface area contributed by atoms with Gasteiger partial charge in [0.25, 0.3) is 0 Å². The molecule has 3 nitrogen and oxygen atoms in total. The van der Waals surface area contributed by atoms with Gasteiger partial charge < -0.3 is 5.32 Å². The zero-order valence-corrected chi connectivity index (χ0v) is 14.6. The molecule has 3 aromatic rings. The van der Waals surface area contributed by atoms with Gasteiger partial charge in [0.2, 0.25) is 5.91 Å². The Bertz CT molecular complexity index is 846. The third-order valence-corrected chi connectivity index (χ3v) is 4.14. The van der Waals surface area contributed by atoms with Crippen LogP contribution in [0.25, 0.3) is 0 Å². The van der Waals surface area contributed by atoms with E-state index in [4.69, 9.17) is 0 Å². The monoisotopic (exact) mass is 348 g/mol. The third kappa shape index (κ3) is 4.77. The van der Waals surface area contributed by atoms with Crippen molar-refractivity contribution in [3.8, 4) is 0 Å². The SMILES string of the molecule is Cc1ccc(CNC(C(=O)Nc2ccc(F)cc2)c2ccccc2)cc1. The number of aryl methyl sites for hydroxylation is 1. The number of halogens is 1. The first-order chi connectivity index (χ1) is 12.6. The van der Waals surface area contributed by atoms with Crippen LogP contribution in [0.5, 0.6) is 0 Å². The molecule has 132 valence electrons. The number of anilines is 1. The smallest absolute Gasteiger partial charge is 0.246 e. The number of carbonyl (C=O) groups is 1. The average molecular weight is 348 g/mol. The molecule has 0 saturated carbocycles. The van der Waals surface area contributed by atoms with Crippen LogP contribution in [-0.4, -0.2) is 5.91 Å². The molecule has 0 fully saturated rings. The molecule has 2 N–H and O–H groups in total. The van der Waals surface area contributed by atoms with Gasteiger partial charge in [0.1, 0.15) is 11.9 Å². The Balaban J connectivity index is 1.75. The minimum absolute atomic E-state index is 0.185. The zero-order chi connectivity index (χ0) is 18.4. The molecule has 0 saturated heterocycles. The highest BCUT2D eigenvalue weighted by Crippen LogP contribution is 2.17. The topological polar surface area (TPSA) is 41.1 Å². The molecule has 0 aliphatic carbocycles. The van der Waals surface area contributed by atoms with Gasteiger partial charge >= 0.3 is 0 Å². The molecule has 1 atom stereocenters. The van der Waals surface area contributed by atoms with E-state index < -0.39 is 6.04 Å². The minimum Gasteiger partial charge on any atom is -0.324 e. The van der Waals surface area contributed by atoms with E-state index in [9.17, 15) is 9.18 Å². The molecular weight excluding hydrogens is 327 g/mol. The second-order valence-electron chi connectivity index (χ2n) is 6.21. The summed E-state index contributed by atoms with van der Waals surface area (Å²) in [6.07, 6.45) is 0. The first kappa shape index (κ1) is 17.8. The van der Waals surface area contributed by atoms with Crippen molar-refractivity contribution in [2.24, 2.45) is 0 Å². The Hall–Kier alpha value is -2.98. The molecule has 0 aromatic heterocycles. The summed E-state index contributed by atoms with van der Waals surface area (Å²) < 4.78 is 13.1. The Labute approximate surface area is 152 Å². The molecule has 1 amide bonds. The van der Waals surface area contributed by atoms with Crippen LogP contribution in [0.1, 0.15) is 22.7 Å². The fraction of sp³-hybridized carbons (Fsp3) is 0.136. The number of nitrogens with one attached hydrogen (secondary N) is 2. The number of rotatable bonds is 6. The van der Waals surface area contributed by atoms with Crippen LogP contribution in [-0.2, 0) is 11.3 Å². The van der Waals surface area contributed by atoms with Gasteiger partial charge in [-0.1, -0.05) is 60.2 Å². The maximum atomic E-state index is 13.1. The van der Waals surface area contributed by atoms with E-state index in [0.717, 1.165) is 11.1 Å². The van der Waals surface area contributed by atoms with E-state index in [1.54, 1.807) is 12.1 Å². The summed E-state index contributed by atoms with van der Waals surface area (Å²) in [4.78, 5) is 12.8. The van der Waals surface area contributed by atoms with E-state index in [2.05, 4.69) is 10.6 Å². The van der Waals surface area contributed by atoms with E-state index >= 15 is 0 Å². The molecule has 1 unspecified atom stereocenters. The van der Waals surface area contributed by atoms with Crippen LogP contribution in [0.3, 0.4) is 0 Å². The minimum atomic E-state index is -0.512. The second kappa shape index (κ2) is 8.41. The lowest BCUT2D eigenvalue weighted by molar-refractivity contribution is -0.118. The van der Waals surface area contributed by atoms with Crippen molar-refractivity contribution < 1.29 is 9.18 Å². The first-order valence-electron chi connectivity index (χ1n) is 8.52. The summed E-state index contributed by atoms with van der Waals surface area (Å²) in [5.41, 5.74) is 3.74. The van der Waals surface area contributed by atoms with Crippen molar-refractivity contribution in [2.75, 3.05) is 5.32 Å². The van der Waals surface area contributed by atoms with Gasteiger partial charge in [0.15, 0.2) is 0 Å². The maximum Gasteiger partial charge on any atom is 0.246 e. The largest absolute Gasteiger partial charge is 0.324 e. The Morgan fingerprint density at radius 3 is 2.23 bits per heavy atom. The summed E-state index contributed by atoms with van der Waals surface area (Å²) in [7, 11) is 0. The summed E-state index contributed by atoms with van der Waals surface area (Å²) in [5.74, 6) is -0.518. The lowest BCUT2D eigenvalue weighted by Gasteiger charge is -2.19. The van der Waals surface area contributed by atoms with Crippen molar-refractivity contribution >= 4 is 11.6 Å². The molecule has 0 spiro atoms. The van der Waals surface area contributed by atoms with E-state index in [-0.39, 0.29) is 11.7 Å². The molecule has 0 aliphatic heterocycles. The van der Waals surface area contributed by atoms with Crippen LogP contribution in [0, 0.1) is 12.7 Å². The number of benzene rings is 3. The van der Waals surface area contributed by atoms with Crippen LogP contribution >= 0.6 is 0 Å². The van der Waals surface area contributed by atoms with Gasteiger partial charge in [-0.15, -0.1) is 0 Å². The quantitative estimate of drug-likeness (QED) is 0.683. The second-order valence-corrected chi connectivity index (χ2v) is 6.21. The van der Waals surface area contributed by atoms with E-state index in [0.29, 0.717) is 12.2 Å². The Kier molecular flexibility index (Phi) is 5.77. The molecule has 0 aliphatic rings. The van der Waals surface area contributed by atoms with Gasteiger partial charge in [-0.05, 0) is 42.3 Å². The van der Waals surface area contributed by atoms with E-state index in [1.807, 2.05) is 61.5 Å². The molecule has 0 radical (unpaired) electrons. The summed E-state index contributed by atoms with van der Waals surface area (Å²) in [6, 6.07) is 23.0. The van der Waals surface area contributed by atoms with Crippen LogP contribution in [0.4, 0.5) is 10.1 Å². The number of hydrogen-bond donors (Lipinski definition) is 2. The average Bonchev–Trinajstić information content (AvgIpc) is 2.66.